The number of esters is 1. The van der Waals surface area contributed by atoms with E-state index in [0.29, 0.717) is 0 Å². The van der Waals surface area contributed by atoms with Crippen LogP contribution < -0.4 is 15.8 Å². The van der Waals surface area contributed by atoms with Crippen molar-refractivity contribution in [2.24, 2.45) is 0 Å². The molecule has 142 valence electrons. The maximum atomic E-state index is 13.0. The van der Waals surface area contributed by atoms with Gasteiger partial charge in [-0.3, -0.25) is 14.9 Å². The fourth-order valence-corrected chi connectivity index (χ4v) is 2.14. The fraction of sp³-hybridized carbons (Fsp3) is 0.176. The van der Waals surface area contributed by atoms with Crippen LogP contribution in [0.4, 0.5) is 21.5 Å². The quantitative estimate of drug-likeness (QED) is 0.342. The number of nitrogens with two attached hydrogens (primary N) is 1. The smallest absolute Gasteiger partial charge is 0.341 e. The number of amides is 1. The third-order valence-corrected chi connectivity index (χ3v) is 3.54. The summed E-state index contributed by atoms with van der Waals surface area (Å²) in [6.07, 6.45) is -1.26. The van der Waals surface area contributed by atoms with Gasteiger partial charge in [-0.15, -0.1) is 0 Å². The lowest BCUT2D eigenvalue weighted by molar-refractivity contribution is -0.384. The second-order valence-corrected chi connectivity index (χ2v) is 5.41. The van der Waals surface area contributed by atoms with Gasteiger partial charge in [0.2, 0.25) is 0 Å². The van der Waals surface area contributed by atoms with Crippen LogP contribution in [0.25, 0.3) is 0 Å². The molecule has 0 saturated carbocycles. The summed E-state index contributed by atoms with van der Waals surface area (Å²) in [4.78, 5) is 34.6. The molecule has 0 aromatic heterocycles. The van der Waals surface area contributed by atoms with Gasteiger partial charge in [-0.05, 0) is 31.2 Å². The molecule has 9 nitrogen and oxygen atoms in total. The number of anilines is 2. The summed E-state index contributed by atoms with van der Waals surface area (Å²) < 4.78 is 23.1. The van der Waals surface area contributed by atoms with Crippen LogP contribution in [0.2, 0.25) is 0 Å². The van der Waals surface area contributed by atoms with E-state index in [1.807, 2.05) is 0 Å². The molecule has 0 heterocycles. The Hall–Kier alpha value is -3.69. The van der Waals surface area contributed by atoms with E-state index in [-0.39, 0.29) is 28.4 Å². The molecule has 0 bridgehead atoms. The van der Waals surface area contributed by atoms with Crippen molar-refractivity contribution in [3.63, 3.8) is 0 Å². The Kier molecular flexibility index (Phi) is 5.91. The van der Waals surface area contributed by atoms with Crippen molar-refractivity contribution in [2.75, 3.05) is 18.2 Å². The highest BCUT2D eigenvalue weighted by Gasteiger charge is 2.22. The molecule has 3 N–H and O–H groups in total. The molecule has 2 aromatic carbocycles. The van der Waals surface area contributed by atoms with Crippen LogP contribution in [0.3, 0.4) is 0 Å². The van der Waals surface area contributed by atoms with Gasteiger partial charge in [-0.2, -0.15) is 0 Å². The molecular formula is C17H16FN3O6. The molecule has 10 heteroatoms. The molecular weight excluding hydrogens is 361 g/mol. The number of hydrogen-bond donors (Lipinski definition) is 2. The van der Waals surface area contributed by atoms with Crippen molar-refractivity contribution < 1.29 is 28.4 Å². The Labute approximate surface area is 153 Å². The number of nitro benzene ring substituents is 1. The van der Waals surface area contributed by atoms with E-state index in [1.54, 1.807) is 0 Å². The lowest BCUT2D eigenvalue weighted by atomic mass is 10.2. The lowest BCUT2D eigenvalue weighted by Crippen LogP contribution is -2.30. The molecule has 0 aliphatic rings. The van der Waals surface area contributed by atoms with Gasteiger partial charge in [0.25, 0.3) is 11.6 Å². The molecule has 27 heavy (non-hydrogen) atoms. The number of ether oxygens (including phenoxy) is 2. The molecule has 2 rings (SSSR count). The second kappa shape index (κ2) is 8.13. The molecule has 0 radical (unpaired) electrons. The molecule has 0 aliphatic carbocycles. The van der Waals surface area contributed by atoms with E-state index >= 15 is 0 Å². The van der Waals surface area contributed by atoms with Crippen LogP contribution in [0.1, 0.15) is 17.3 Å². The fourth-order valence-electron chi connectivity index (χ4n) is 2.14. The van der Waals surface area contributed by atoms with Crippen LogP contribution in [0, 0.1) is 15.9 Å². The minimum Gasteiger partial charge on any atom is -0.495 e. The van der Waals surface area contributed by atoms with E-state index in [4.69, 9.17) is 15.2 Å². The zero-order chi connectivity index (χ0) is 20.1. The van der Waals surface area contributed by atoms with Gasteiger partial charge >= 0.3 is 5.97 Å². The highest BCUT2D eigenvalue weighted by molar-refractivity contribution is 6.00. The normalized spacial score (nSPS) is 11.4. The van der Waals surface area contributed by atoms with Crippen molar-refractivity contribution in [3.05, 3.63) is 57.9 Å². The first-order chi connectivity index (χ1) is 12.7. The number of nitrogens with one attached hydrogen (secondary N) is 1. The highest BCUT2D eigenvalue weighted by Crippen LogP contribution is 2.29. The van der Waals surface area contributed by atoms with E-state index in [2.05, 4.69) is 5.32 Å². The summed E-state index contributed by atoms with van der Waals surface area (Å²) in [5.74, 6) is -2.09. The van der Waals surface area contributed by atoms with Gasteiger partial charge in [-0.1, -0.05) is 0 Å². The zero-order valence-corrected chi connectivity index (χ0v) is 14.4. The molecule has 0 saturated heterocycles. The van der Waals surface area contributed by atoms with Gasteiger partial charge in [-0.25, -0.2) is 9.18 Å². The molecule has 0 fully saturated rings. The van der Waals surface area contributed by atoms with Crippen LogP contribution in [0.15, 0.2) is 36.4 Å². The average molecular weight is 377 g/mol. The van der Waals surface area contributed by atoms with E-state index < -0.39 is 28.7 Å². The summed E-state index contributed by atoms with van der Waals surface area (Å²) in [6.45, 7) is 1.30. The molecule has 2 aromatic rings. The summed E-state index contributed by atoms with van der Waals surface area (Å²) in [5.41, 5.74) is 5.12. The number of nitrogen functional groups attached to an aromatic ring is 1. The Morgan fingerprint density at radius 3 is 2.56 bits per heavy atom. The maximum Gasteiger partial charge on any atom is 0.341 e. The number of methoxy groups -OCH3 is 1. The monoisotopic (exact) mass is 377 g/mol. The summed E-state index contributed by atoms with van der Waals surface area (Å²) >= 11 is 0. The third kappa shape index (κ3) is 4.69. The first-order valence-corrected chi connectivity index (χ1v) is 7.62. The van der Waals surface area contributed by atoms with E-state index in [0.717, 1.165) is 24.3 Å². The summed E-state index contributed by atoms with van der Waals surface area (Å²) in [6, 6.07) is 6.78. The number of nitrogens with zero attached hydrogens (tertiary/aromatic N) is 1. The molecule has 1 atom stereocenters. The number of non-ortho nitro benzene ring substituents is 1. The number of carbonyl (C=O) groups is 2. The van der Waals surface area contributed by atoms with Crippen molar-refractivity contribution >= 4 is 28.9 Å². The van der Waals surface area contributed by atoms with Crippen molar-refractivity contribution in [2.45, 2.75) is 13.0 Å². The minimum atomic E-state index is -1.26. The standard InChI is InChI=1S/C17H16FN3O6/c1-9(27-17(23)12-5-3-10(18)7-13(12)19)16(22)20-14-8-11(21(24)25)4-6-15(14)26-2/h3-9H,19H2,1-2H3,(H,20,22). The van der Waals surface area contributed by atoms with Crippen molar-refractivity contribution in [3.8, 4) is 5.75 Å². The lowest BCUT2D eigenvalue weighted by Gasteiger charge is -2.15. The first kappa shape index (κ1) is 19.6. The van der Waals surface area contributed by atoms with Gasteiger partial charge in [0.15, 0.2) is 6.10 Å². The number of rotatable bonds is 6. The number of halogens is 1. The Bertz CT molecular complexity index is 902. The third-order valence-electron chi connectivity index (χ3n) is 3.54. The average Bonchev–Trinajstić information content (AvgIpc) is 2.61. The molecule has 1 amide bonds. The van der Waals surface area contributed by atoms with Crippen molar-refractivity contribution in [1.82, 2.24) is 0 Å². The Morgan fingerprint density at radius 1 is 1.26 bits per heavy atom. The summed E-state index contributed by atoms with van der Waals surface area (Å²) in [7, 11) is 1.33. The zero-order valence-electron chi connectivity index (χ0n) is 14.4. The topological polar surface area (TPSA) is 134 Å². The highest BCUT2D eigenvalue weighted by atomic mass is 19.1. The Balaban J connectivity index is 2.12. The van der Waals surface area contributed by atoms with Gasteiger partial charge in [0.05, 0.1) is 23.3 Å². The van der Waals surface area contributed by atoms with Gasteiger partial charge in [0.1, 0.15) is 11.6 Å². The Morgan fingerprint density at radius 2 is 1.96 bits per heavy atom. The SMILES string of the molecule is COc1ccc([N+](=O)[O-])cc1NC(=O)C(C)OC(=O)c1ccc(F)cc1N. The minimum absolute atomic E-state index is 0.0425. The predicted octanol–water partition coefficient (Wildman–Crippen LogP) is 2.51. The number of hydrogen-bond acceptors (Lipinski definition) is 7. The largest absolute Gasteiger partial charge is 0.495 e. The van der Waals surface area contributed by atoms with Crippen LogP contribution in [0.5, 0.6) is 5.75 Å². The number of carbonyl (C=O) groups excluding carboxylic acids is 2. The van der Waals surface area contributed by atoms with Crippen LogP contribution in [-0.2, 0) is 9.53 Å². The molecule has 0 aliphatic heterocycles. The van der Waals surface area contributed by atoms with E-state index in [1.165, 1.54) is 26.2 Å². The number of nitro groups is 1. The predicted molar refractivity (Wildman–Crippen MR) is 94.0 cm³/mol. The van der Waals surface area contributed by atoms with Gasteiger partial charge < -0.3 is 20.5 Å². The molecule has 1 unspecified atom stereocenters. The first-order valence-electron chi connectivity index (χ1n) is 7.62. The maximum absolute atomic E-state index is 13.0. The van der Waals surface area contributed by atoms with Crippen molar-refractivity contribution in [1.29, 1.82) is 0 Å². The van der Waals surface area contributed by atoms with E-state index in [9.17, 15) is 24.1 Å². The van der Waals surface area contributed by atoms with Gasteiger partial charge in [0, 0.05) is 17.8 Å². The van der Waals surface area contributed by atoms with Crippen LogP contribution in [-0.4, -0.2) is 30.0 Å². The second-order valence-electron chi connectivity index (χ2n) is 5.41. The molecule has 0 spiro atoms. The number of benzene rings is 2. The summed E-state index contributed by atoms with van der Waals surface area (Å²) in [5, 5.41) is 13.3. The van der Waals surface area contributed by atoms with Crippen LogP contribution >= 0.6 is 0 Å².